The molecule has 598 valence electrons. The van der Waals surface area contributed by atoms with Crippen LogP contribution in [0.2, 0.25) is 15.1 Å². The van der Waals surface area contributed by atoms with Crippen molar-refractivity contribution in [1.82, 2.24) is 45.0 Å². The molecule has 27 nitrogen and oxygen atoms in total. The molecule has 11 heterocycles. The van der Waals surface area contributed by atoms with Gasteiger partial charge in [-0.1, -0.05) is 126 Å². The Kier molecular flexibility index (Phi) is 23.4. The van der Waals surface area contributed by atoms with Crippen molar-refractivity contribution in [2.24, 2.45) is 0 Å². The average Bonchev–Trinajstić information content (AvgIpc) is 1.51. The van der Waals surface area contributed by atoms with Crippen molar-refractivity contribution in [1.29, 1.82) is 0 Å². The first-order chi connectivity index (χ1) is 58.1. The second kappa shape index (κ2) is 35.3. The Bertz CT molecular complexity index is 6180. The molecule has 14 aromatic rings. The number of aliphatic hydroxyl groups excluding tert-OH is 1. The van der Waals surface area contributed by atoms with Crippen LogP contribution in [-0.4, -0.2) is 133 Å². The number of thiophene rings is 3. The summed E-state index contributed by atoms with van der Waals surface area (Å²) in [5.74, 6) is 2.33. The summed E-state index contributed by atoms with van der Waals surface area (Å²) < 4.78 is 17.1. The Morgan fingerprint density at radius 3 is 1.27 bits per heavy atom. The third-order valence-corrected chi connectivity index (χ3v) is 24.1. The fourth-order valence-corrected chi connectivity index (χ4v) is 17.7. The van der Waals surface area contributed by atoms with Crippen LogP contribution in [-0.2, 0) is 17.8 Å². The molecule has 0 unspecified atom stereocenters. The molecule has 8 aromatic carbocycles. The fraction of sp³-hybridized carbons (Fsp3) is 0.163. The molecule has 0 spiro atoms. The topological polar surface area (TPSA) is 316 Å². The summed E-state index contributed by atoms with van der Waals surface area (Å²) >= 11 is 22.6. The van der Waals surface area contributed by atoms with E-state index in [1.807, 2.05) is 146 Å². The molecule has 2 saturated heterocycles. The summed E-state index contributed by atoms with van der Waals surface area (Å²) in [5, 5.41) is 29.4. The number of piperidine rings is 1. The number of hydrogen-bond donors (Lipinski definition) is 7. The molecule has 9 amide bonds. The zero-order chi connectivity index (χ0) is 81.6. The number of carbonyl (C=O) groups excluding carboxylic acids is 6. The third kappa shape index (κ3) is 17.1. The molecule has 33 heteroatoms. The predicted molar refractivity (Wildman–Crippen MR) is 467 cm³/mol. The van der Waals surface area contributed by atoms with Crippen molar-refractivity contribution in [3.8, 4) is 34.1 Å². The van der Waals surface area contributed by atoms with Gasteiger partial charge in [-0.2, -0.15) is 0 Å². The van der Waals surface area contributed by atoms with Crippen LogP contribution in [0.15, 0.2) is 213 Å². The number of amides is 9. The van der Waals surface area contributed by atoms with E-state index in [9.17, 15) is 28.8 Å². The highest BCUT2D eigenvalue weighted by molar-refractivity contribution is 7.22. The van der Waals surface area contributed by atoms with Gasteiger partial charge in [-0.15, -0.1) is 34.0 Å². The number of para-hydroxylation sites is 2. The van der Waals surface area contributed by atoms with Crippen LogP contribution in [0.25, 0.3) is 41.8 Å². The summed E-state index contributed by atoms with van der Waals surface area (Å²) in [4.78, 5) is 118. The number of urea groups is 3. The second-order valence-electron chi connectivity index (χ2n) is 27.8. The minimum absolute atomic E-state index is 0.0292. The molecular formula is C86H70Cl3N17O10S3. The molecular weight excluding hydrogens is 1630 g/mol. The quantitative estimate of drug-likeness (QED) is 0.0349. The molecule has 7 N–H and O–H groups in total. The van der Waals surface area contributed by atoms with Crippen LogP contribution in [0.5, 0.6) is 23.0 Å². The van der Waals surface area contributed by atoms with Gasteiger partial charge in [0.05, 0.1) is 73.5 Å². The zero-order valence-electron chi connectivity index (χ0n) is 63.0. The van der Waals surface area contributed by atoms with Gasteiger partial charge in [0.2, 0.25) is 0 Å². The number of ether oxygens (including phenoxy) is 3. The molecule has 119 heavy (non-hydrogen) atoms. The van der Waals surface area contributed by atoms with Gasteiger partial charge in [0.25, 0.3) is 17.7 Å². The molecule has 0 radical (unpaired) electrons. The zero-order valence-corrected chi connectivity index (χ0v) is 67.7. The van der Waals surface area contributed by atoms with Crippen LogP contribution in [0.3, 0.4) is 0 Å². The van der Waals surface area contributed by atoms with Crippen LogP contribution in [0, 0.1) is 0 Å². The second-order valence-corrected chi connectivity index (χ2v) is 32.1. The van der Waals surface area contributed by atoms with Crippen molar-refractivity contribution in [3.63, 3.8) is 0 Å². The Morgan fingerprint density at radius 1 is 0.454 bits per heavy atom. The van der Waals surface area contributed by atoms with Gasteiger partial charge in [-0.3, -0.25) is 24.2 Å². The number of halogens is 3. The number of anilines is 11. The molecule has 0 atom stereocenters. The number of nitrogens with zero attached hydrogens (tertiary/aromatic N) is 11. The highest BCUT2D eigenvalue weighted by Gasteiger charge is 2.38. The van der Waals surface area contributed by atoms with E-state index in [4.69, 9.17) is 54.1 Å². The summed E-state index contributed by atoms with van der Waals surface area (Å²) in [6, 6.07) is 58.2. The van der Waals surface area contributed by atoms with E-state index in [2.05, 4.69) is 83.7 Å². The number of aromatic nitrogens is 6. The molecule has 0 aliphatic carbocycles. The van der Waals surface area contributed by atoms with Crippen LogP contribution < -0.4 is 56.1 Å². The first-order valence-corrected chi connectivity index (χ1v) is 41.5. The first kappa shape index (κ1) is 78.9. The monoisotopic (exact) mass is 1700 g/mol. The highest BCUT2D eigenvalue weighted by atomic mass is 35.5. The maximum Gasteiger partial charge on any atom is 0.332 e. The number of likely N-dealkylation sites (tertiary alicyclic amines) is 1. The normalized spacial score (nSPS) is 14.3. The minimum atomic E-state index is -0.483. The smallest absolute Gasteiger partial charge is 0.332 e. The van der Waals surface area contributed by atoms with Gasteiger partial charge < -0.3 is 51.2 Å². The Morgan fingerprint density at radius 2 is 0.849 bits per heavy atom. The molecule has 0 saturated carbocycles. The fourth-order valence-electron chi connectivity index (χ4n) is 14.2. The lowest BCUT2D eigenvalue weighted by molar-refractivity contribution is 0.0342. The third-order valence-electron chi connectivity index (χ3n) is 20.0. The van der Waals surface area contributed by atoms with Crippen molar-refractivity contribution in [2.75, 3.05) is 93.8 Å². The van der Waals surface area contributed by atoms with Crippen molar-refractivity contribution >= 4 is 198 Å². The summed E-state index contributed by atoms with van der Waals surface area (Å²) in [6.07, 6.45) is 8.41. The van der Waals surface area contributed by atoms with Gasteiger partial charge in [0, 0.05) is 55.7 Å². The maximum atomic E-state index is 13.5. The maximum absolute atomic E-state index is 13.5. The van der Waals surface area contributed by atoms with E-state index in [0.717, 1.165) is 80.5 Å². The number of carbonyl (C=O) groups is 6. The summed E-state index contributed by atoms with van der Waals surface area (Å²) in [6.45, 7) is 7.61. The molecule has 5 aliphatic heterocycles. The Balaban J connectivity index is 0.000000129. The SMILES string of the molecule is O=C(NCCCO)c1sc2ncnc3c2c1NC(=O)N3c1ccc(Oc2ccccc2)c(Cl)c1.O=C(Nc1ccc(CN2CCCCC2)cc1)c1sc2ncnc3c2c1NC(=O)N3c1ccc(-c2ccc(Cl)cc2)cc1.O=C(Nc1ccc(CN2CCOCC2)cc1)c1sc2ncnc3c2c1NC(=O)N3c1ccc(Oc2ccccc2)c(Cl)c1. The average molecular weight is 1700 g/mol. The molecule has 5 aliphatic rings. The van der Waals surface area contributed by atoms with Gasteiger partial charge in [-0.25, -0.2) is 59.0 Å². The van der Waals surface area contributed by atoms with E-state index in [1.165, 1.54) is 81.2 Å². The Labute approximate surface area is 707 Å². The molecule has 6 aromatic heterocycles. The lowest BCUT2D eigenvalue weighted by Gasteiger charge is -2.27. The van der Waals surface area contributed by atoms with E-state index in [1.54, 1.807) is 36.4 Å². The van der Waals surface area contributed by atoms with E-state index < -0.39 is 18.1 Å². The number of aliphatic hydroxyl groups is 1. The highest BCUT2D eigenvalue weighted by Crippen LogP contribution is 2.50. The largest absolute Gasteiger partial charge is 0.456 e. The number of morpholine rings is 1. The van der Waals surface area contributed by atoms with E-state index >= 15 is 0 Å². The molecule has 0 bridgehead atoms. The van der Waals surface area contributed by atoms with Gasteiger partial charge in [0.1, 0.15) is 71.1 Å². The molecule has 19 rings (SSSR count). The van der Waals surface area contributed by atoms with Crippen molar-refractivity contribution in [3.05, 3.63) is 254 Å². The van der Waals surface area contributed by atoms with Crippen LogP contribution >= 0.6 is 68.8 Å². The van der Waals surface area contributed by atoms with Gasteiger partial charge >= 0.3 is 18.1 Å². The van der Waals surface area contributed by atoms with Crippen LogP contribution in [0.1, 0.15) is 65.8 Å². The predicted octanol–water partition coefficient (Wildman–Crippen LogP) is 19.8. The standard InChI is InChI=1S/C32H27ClN6O2S.C31H25ClN6O4S.C23H18ClN5O4S/c33-23-10-6-21(7-11-23)22-8-14-25(15-9-22)39-29-26-27(37-32(39)41)28(42-31(26)35-19-34-29)30(40)36-24-12-4-20(5-13-24)18-38-16-2-1-3-17-38;32-23-16-21(10-11-24(23)42-22-4-2-1-3-5-22)38-28-25-26(36-31(38)40)27(43-30(25)34-18-33-28)29(39)35-20-8-6-19(7-9-20)17-37-12-14-41-15-13-37;24-15-11-13(7-8-16(15)33-14-5-2-1-3-6-14)29-20-17-18(28-23(29)32)19(21(31)25-9-4-10-30)34-22(17)27-12-26-20/h4-15,19H,1-3,16-18H2,(H,36,40)(H,37,41);1-11,16,18H,12-15,17H2,(H,35,39)(H,36,40);1-3,5-8,11-12,30H,4,9-10H2,(H,25,31)(H,28,32). The first-order valence-electron chi connectivity index (χ1n) is 37.9. The van der Waals surface area contributed by atoms with Gasteiger partial charge in [0.15, 0.2) is 17.5 Å². The summed E-state index contributed by atoms with van der Waals surface area (Å²) in [7, 11) is 0. The van der Waals surface area contributed by atoms with Gasteiger partial charge in [-0.05, 0) is 164 Å². The lowest BCUT2D eigenvalue weighted by atomic mass is 10.1. The Hall–Kier alpha value is -12.6. The van der Waals surface area contributed by atoms with E-state index in [-0.39, 0.29) is 24.3 Å². The number of nitrogens with one attached hydrogen (secondary N) is 6. The van der Waals surface area contributed by atoms with E-state index in [0.29, 0.717) is 159 Å². The summed E-state index contributed by atoms with van der Waals surface area (Å²) in [5.41, 5.74) is 8.55. The minimum Gasteiger partial charge on any atom is -0.456 e. The van der Waals surface area contributed by atoms with Crippen molar-refractivity contribution in [2.45, 2.75) is 38.8 Å². The molecule has 2 fully saturated rings. The lowest BCUT2D eigenvalue weighted by Crippen LogP contribution is -2.35. The van der Waals surface area contributed by atoms with Crippen LogP contribution in [0.4, 0.5) is 77.3 Å². The number of rotatable bonds is 20. The number of benzene rings is 8. The van der Waals surface area contributed by atoms with Crippen molar-refractivity contribution < 1.29 is 48.1 Å². The number of hydrogen-bond acceptors (Lipinski definition) is 21.